The number of aromatic nitrogens is 1. The van der Waals surface area contributed by atoms with Crippen LogP contribution in [-0.4, -0.2) is 10.6 Å². The fourth-order valence-corrected chi connectivity index (χ4v) is 0.896. The van der Waals surface area contributed by atoms with Gasteiger partial charge < -0.3 is 4.74 Å². The highest BCUT2D eigenvalue weighted by molar-refractivity contribution is 6.31. The van der Waals surface area contributed by atoms with E-state index in [1.807, 2.05) is 20.8 Å². The quantitative estimate of drug-likeness (QED) is 0.671. The molecule has 0 saturated heterocycles. The first-order valence-electron chi connectivity index (χ1n) is 3.78. The van der Waals surface area contributed by atoms with E-state index in [1.165, 1.54) is 0 Å². The Balaban J connectivity index is 2.83. The Bertz CT molecular complexity index is 267. The summed E-state index contributed by atoms with van der Waals surface area (Å²) in [5, 5.41) is 0.549. The molecule has 0 spiro atoms. The van der Waals surface area contributed by atoms with Crippen LogP contribution in [0.1, 0.15) is 20.8 Å². The summed E-state index contributed by atoms with van der Waals surface area (Å²) in [7, 11) is 0. The van der Waals surface area contributed by atoms with E-state index in [1.54, 1.807) is 18.3 Å². The summed E-state index contributed by atoms with van der Waals surface area (Å²) >= 11 is 5.84. The van der Waals surface area contributed by atoms with Gasteiger partial charge in [-0.1, -0.05) is 11.6 Å². The Morgan fingerprint density at radius 1 is 1.42 bits per heavy atom. The fourth-order valence-electron chi connectivity index (χ4n) is 0.736. The van der Waals surface area contributed by atoms with Gasteiger partial charge >= 0.3 is 0 Å². The topological polar surface area (TPSA) is 22.1 Å². The minimum absolute atomic E-state index is 0.252. The Morgan fingerprint density at radius 2 is 2.08 bits per heavy atom. The van der Waals surface area contributed by atoms with Gasteiger partial charge in [0.05, 0.1) is 0 Å². The molecule has 1 aromatic rings. The van der Waals surface area contributed by atoms with Crippen molar-refractivity contribution in [1.29, 1.82) is 0 Å². The molecule has 0 aromatic carbocycles. The van der Waals surface area contributed by atoms with Crippen LogP contribution in [0.2, 0.25) is 5.02 Å². The molecule has 1 heterocycles. The number of nitrogens with zero attached hydrogens (tertiary/aromatic N) is 1. The lowest BCUT2D eigenvalue weighted by molar-refractivity contribution is 0.124. The monoisotopic (exact) mass is 185 g/mol. The van der Waals surface area contributed by atoms with Gasteiger partial charge in [-0.05, 0) is 32.9 Å². The van der Waals surface area contributed by atoms with Crippen LogP contribution in [0.5, 0.6) is 5.88 Å². The highest BCUT2D eigenvalue weighted by atomic mass is 35.5. The molecule has 66 valence electrons. The Morgan fingerprint density at radius 3 is 2.58 bits per heavy atom. The van der Waals surface area contributed by atoms with Crippen molar-refractivity contribution < 1.29 is 4.74 Å². The molecule has 0 bridgehead atoms. The van der Waals surface area contributed by atoms with E-state index in [0.717, 1.165) is 0 Å². The third kappa shape index (κ3) is 2.70. The number of ether oxygens (including phenoxy) is 1. The van der Waals surface area contributed by atoms with Gasteiger partial charge in [0.15, 0.2) is 0 Å². The molecule has 0 atom stereocenters. The predicted octanol–water partition coefficient (Wildman–Crippen LogP) is 2.91. The van der Waals surface area contributed by atoms with Crippen molar-refractivity contribution in [2.24, 2.45) is 0 Å². The minimum Gasteiger partial charge on any atom is -0.471 e. The predicted molar refractivity (Wildman–Crippen MR) is 49.6 cm³/mol. The number of halogens is 1. The van der Waals surface area contributed by atoms with Gasteiger partial charge in [-0.15, -0.1) is 0 Å². The summed E-state index contributed by atoms with van der Waals surface area (Å²) in [4.78, 5) is 4.01. The maximum absolute atomic E-state index is 5.84. The van der Waals surface area contributed by atoms with Gasteiger partial charge in [0, 0.05) is 6.20 Å². The molecule has 12 heavy (non-hydrogen) atoms. The zero-order chi connectivity index (χ0) is 9.19. The van der Waals surface area contributed by atoms with E-state index >= 15 is 0 Å². The molecule has 0 aliphatic heterocycles. The Hall–Kier alpha value is -0.760. The standard InChI is InChI=1S/C9H12ClNO/c1-9(2,3)12-8-7(10)5-4-6-11-8/h4-6H,1-3H3. The van der Waals surface area contributed by atoms with E-state index in [9.17, 15) is 0 Å². The number of hydrogen-bond acceptors (Lipinski definition) is 2. The van der Waals surface area contributed by atoms with E-state index in [0.29, 0.717) is 10.9 Å². The SMILES string of the molecule is CC(C)(C)Oc1ncccc1Cl. The van der Waals surface area contributed by atoms with Crippen molar-refractivity contribution >= 4 is 11.6 Å². The maximum atomic E-state index is 5.84. The second-order valence-electron chi connectivity index (χ2n) is 3.50. The summed E-state index contributed by atoms with van der Waals surface area (Å²) < 4.78 is 5.49. The number of pyridine rings is 1. The summed E-state index contributed by atoms with van der Waals surface area (Å²) in [6.45, 7) is 5.87. The van der Waals surface area contributed by atoms with Crippen LogP contribution in [0, 0.1) is 0 Å². The van der Waals surface area contributed by atoms with Crippen LogP contribution in [0.4, 0.5) is 0 Å². The Kier molecular flexibility index (Phi) is 2.58. The molecule has 1 rings (SSSR count). The average molecular weight is 186 g/mol. The highest BCUT2D eigenvalue weighted by Crippen LogP contribution is 2.23. The lowest BCUT2D eigenvalue weighted by atomic mass is 10.2. The van der Waals surface area contributed by atoms with E-state index in [2.05, 4.69) is 4.98 Å². The smallest absolute Gasteiger partial charge is 0.233 e. The van der Waals surface area contributed by atoms with Crippen LogP contribution in [-0.2, 0) is 0 Å². The normalized spacial score (nSPS) is 11.3. The number of hydrogen-bond donors (Lipinski definition) is 0. The van der Waals surface area contributed by atoms with Crippen molar-refractivity contribution in [3.8, 4) is 5.88 Å². The minimum atomic E-state index is -0.252. The van der Waals surface area contributed by atoms with Crippen molar-refractivity contribution in [3.05, 3.63) is 23.4 Å². The first-order chi connectivity index (χ1) is 5.49. The van der Waals surface area contributed by atoms with Gasteiger partial charge in [-0.25, -0.2) is 4.98 Å². The van der Waals surface area contributed by atoms with E-state index in [4.69, 9.17) is 16.3 Å². The molecule has 0 unspecified atom stereocenters. The molecule has 0 saturated carbocycles. The van der Waals surface area contributed by atoms with Crippen LogP contribution >= 0.6 is 11.6 Å². The van der Waals surface area contributed by atoms with E-state index in [-0.39, 0.29) is 5.60 Å². The summed E-state index contributed by atoms with van der Waals surface area (Å²) in [5.41, 5.74) is -0.252. The van der Waals surface area contributed by atoms with Gasteiger partial charge in [0.25, 0.3) is 0 Å². The zero-order valence-corrected chi connectivity index (χ0v) is 8.22. The number of rotatable bonds is 1. The third-order valence-electron chi connectivity index (χ3n) is 1.13. The fraction of sp³-hybridized carbons (Fsp3) is 0.444. The zero-order valence-electron chi connectivity index (χ0n) is 7.47. The van der Waals surface area contributed by atoms with Crippen molar-refractivity contribution in [1.82, 2.24) is 4.98 Å². The van der Waals surface area contributed by atoms with Crippen molar-refractivity contribution in [2.45, 2.75) is 26.4 Å². The average Bonchev–Trinajstić information content (AvgIpc) is 1.91. The summed E-state index contributed by atoms with van der Waals surface area (Å²) in [5.74, 6) is 0.492. The van der Waals surface area contributed by atoms with E-state index < -0.39 is 0 Å². The molecular weight excluding hydrogens is 174 g/mol. The first kappa shape index (κ1) is 9.33. The molecule has 0 N–H and O–H groups in total. The summed E-state index contributed by atoms with van der Waals surface area (Å²) in [6.07, 6.45) is 1.66. The maximum Gasteiger partial charge on any atom is 0.233 e. The molecule has 1 aromatic heterocycles. The summed E-state index contributed by atoms with van der Waals surface area (Å²) in [6, 6.07) is 3.54. The molecule has 0 radical (unpaired) electrons. The second-order valence-corrected chi connectivity index (χ2v) is 3.91. The van der Waals surface area contributed by atoms with Crippen molar-refractivity contribution in [2.75, 3.05) is 0 Å². The lowest BCUT2D eigenvalue weighted by Gasteiger charge is -2.20. The molecule has 0 aliphatic carbocycles. The van der Waals surface area contributed by atoms with Gasteiger partial charge in [-0.2, -0.15) is 0 Å². The molecule has 2 nitrogen and oxygen atoms in total. The lowest BCUT2D eigenvalue weighted by Crippen LogP contribution is -2.23. The van der Waals surface area contributed by atoms with Crippen LogP contribution in [0.15, 0.2) is 18.3 Å². The Labute approximate surface area is 77.5 Å². The second kappa shape index (κ2) is 3.31. The van der Waals surface area contributed by atoms with Gasteiger partial charge in [0.1, 0.15) is 10.6 Å². The van der Waals surface area contributed by atoms with Gasteiger partial charge in [0.2, 0.25) is 5.88 Å². The van der Waals surface area contributed by atoms with Gasteiger partial charge in [-0.3, -0.25) is 0 Å². The first-order valence-corrected chi connectivity index (χ1v) is 4.16. The molecular formula is C9H12ClNO. The van der Waals surface area contributed by atoms with Crippen LogP contribution in [0.25, 0.3) is 0 Å². The highest BCUT2D eigenvalue weighted by Gasteiger charge is 2.14. The largest absolute Gasteiger partial charge is 0.471 e. The molecule has 0 amide bonds. The van der Waals surface area contributed by atoms with Crippen LogP contribution < -0.4 is 4.74 Å². The third-order valence-corrected chi connectivity index (χ3v) is 1.42. The van der Waals surface area contributed by atoms with Crippen molar-refractivity contribution in [3.63, 3.8) is 0 Å². The molecule has 0 aliphatic rings. The van der Waals surface area contributed by atoms with Crippen LogP contribution in [0.3, 0.4) is 0 Å². The molecule has 0 fully saturated rings. The molecule has 3 heteroatoms.